The smallest absolute Gasteiger partial charge is 0.336 e. The number of anilines is 1. The molecule has 180 valence electrons. The fraction of sp³-hybridized carbons (Fsp3) is 0.192. The van der Waals surface area contributed by atoms with E-state index in [9.17, 15) is 9.18 Å². The molecule has 0 aliphatic carbocycles. The van der Waals surface area contributed by atoms with Crippen molar-refractivity contribution in [1.29, 1.82) is 0 Å². The monoisotopic (exact) mass is 476 g/mol. The van der Waals surface area contributed by atoms with Crippen molar-refractivity contribution in [2.75, 3.05) is 19.5 Å². The summed E-state index contributed by atoms with van der Waals surface area (Å²) in [6, 6.07) is 18.3. The number of ether oxygens (including phenoxy) is 3. The fourth-order valence-electron chi connectivity index (χ4n) is 3.38. The van der Waals surface area contributed by atoms with E-state index in [0.29, 0.717) is 39.8 Å². The standard InChI is InChI=1S/C26H25FN4O4/c1-16(2)35-26-29-24(17-6-5-7-19(27)12-17)31(30-26)21-10-8-20(9-11-21)28-25(32)18-13-22(33-3)15-23(14-18)34-4/h5-16H,1-4H3,(H,28,32). The summed E-state index contributed by atoms with van der Waals surface area (Å²) in [7, 11) is 3.05. The van der Waals surface area contributed by atoms with Gasteiger partial charge in [-0.1, -0.05) is 12.1 Å². The molecule has 1 aromatic heterocycles. The molecule has 0 unspecified atom stereocenters. The van der Waals surface area contributed by atoms with Crippen LogP contribution < -0.4 is 19.5 Å². The Hall–Kier alpha value is -4.40. The molecule has 1 heterocycles. The summed E-state index contributed by atoms with van der Waals surface area (Å²) in [6.45, 7) is 3.75. The highest BCUT2D eigenvalue weighted by molar-refractivity contribution is 6.04. The summed E-state index contributed by atoms with van der Waals surface area (Å²) in [5.41, 5.74) is 2.19. The molecule has 0 saturated heterocycles. The lowest BCUT2D eigenvalue weighted by atomic mass is 10.1. The van der Waals surface area contributed by atoms with Crippen LogP contribution in [0.5, 0.6) is 17.5 Å². The van der Waals surface area contributed by atoms with Gasteiger partial charge in [0.25, 0.3) is 5.91 Å². The van der Waals surface area contributed by atoms with Crippen LogP contribution in [0.1, 0.15) is 24.2 Å². The van der Waals surface area contributed by atoms with Crippen molar-refractivity contribution >= 4 is 11.6 Å². The molecule has 4 aromatic rings. The highest BCUT2D eigenvalue weighted by Crippen LogP contribution is 2.26. The molecule has 0 saturated carbocycles. The summed E-state index contributed by atoms with van der Waals surface area (Å²) < 4.78 is 31.6. The van der Waals surface area contributed by atoms with E-state index in [1.165, 1.54) is 26.4 Å². The summed E-state index contributed by atoms with van der Waals surface area (Å²) in [5.74, 6) is 0.764. The fourth-order valence-corrected chi connectivity index (χ4v) is 3.38. The third kappa shape index (κ3) is 5.57. The maximum Gasteiger partial charge on any atom is 0.336 e. The van der Waals surface area contributed by atoms with Gasteiger partial charge in [0.15, 0.2) is 5.82 Å². The van der Waals surface area contributed by atoms with Crippen LogP contribution in [0, 0.1) is 5.82 Å². The Morgan fingerprint density at radius 3 is 2.26 bits per heavy atom. The first-order valence-electron chi connectivity index (χ1n) is 10.9. The van der Waals surface area contributed by atoms with Crippen LogP contribution >= 0.6 is 0 Å². The number of carbonyl (C=O) groups excluding carboxylic acids is 1. The van der Waals surface area contributed by atoms with Crippen LogP contribution in [-0.2, 0) is 0 Å². The number of hydrogen-bond donors (Lipinski definition) is 1. The number of rotatable bonds is 8. The van der Waals surface area contributed by atoms with Gasteiger partial charge in [-0.05, 0) is 62.4 Å². The first-order chi connectivity index (χ1) is 16.9. The zero-order chi connectivity index (χ0) is 24.9. The number of nitrogens with one attached hydrogen (secondary N) is 1. The van der Waals surface area contributed by atoms with Crippen LogP contribution in [0.2, 0.25) is 0 Å². The molecule has 0 fully saturated rings. The number of benzene rings is 3. The van der Waals surface area contributed by atoms with Gasteiger partial charge in [-0.15, -0.1) is 5.10 Å². The van der Waals surface area contributed by atoms with Gasteiger partial charge < -0.3 is 19.5 Å². The second kappa shape index (κ2) is 10.3. The highest BCUT2D eigenvalue weighted by atomic mass is 19.1. The van der Waals surface area contributed by atoms with Crippen molar-refractivity contribution in [3.05, 3.63) is 78.1 Å². The van der Waals surface area contributed by atoms with E-state index in [1.54, 1.807) is 59.3 Å². The summed E-state index contributed by atoms with van der Waals surface area (Å²) >= 11 is 0. The van der Waals surface area contributed by atoms with Crippen LogP contribution in [0.25, 0.3) is 17.1 Å². The molecular weight excluding hydrogens is 451 g/mol. The van der Waals surface area contributed by atoms with Crippen LogP contribution in [0.15, 0.2) is 66.7 Å². The minimum absolute atomic E-state index is 0.126. The number of methoxy groups -OCH3 is 2. The van der Waals surface area contributed by atoms with Crippen LogP contribution in [0.3, 0.4) is 0 Å². The second-order valence-electron chi connectivity index (χ2n) is 7.91. The maximum absolute atomic E-state index is 13.9. The lowest BCUT2D eigenvalue weighted by Gasteiger charge is -2.10. The van der Waals surface area contributed by atoms with E-state index < -0.39 is 0 Å². The van der Waals surface area contributed by atoms with Crippen molar-refractivity contribution in [1.82, 2.24) is 14.8 Å². The average Bonchev–Trinajstić information content (AvgIpc) is 3.27. The van der Waals surface area contributed by atoms with Gasteiger partial charge in [-0.2, -0.15) is 4.98 Å². The Morgan fingerprint density at radius 2 is 1.66 bits per heavy atom. The predicted molar refractivity (Wildman–Crippen MR) is 130 cm³/mol. The number of amides is 1. The molecule has 0 atom stereocenters. The van der Waals surface area contributed by atoms with Crippen LogP contribution in [-0.4, -0.2) is 41.0 Å². The highest BCUT2D eigenvalue weighted by Gasteiger charge is 2.17. The minimum Gasteiger partial charge on any atom is -0.497 e. The number of nitrogens with zero attached hydrogens (tertiary/aromatic N) is 3. The Labute approximate surface area is 202 Å². The molecule has 1 N–H and O–H groups in total. The Morgan fingerprint density at radius 1 is 0.971 bits per heavy atom. The Kier molecular flexibility index (Phi) is 6.96. The molecule has 0 aliphatic rings. The molecule has 4 rings (SSSR count). The molecule has 0 spiro atoms. The molecule has 9 heteroatoms. The van der Waals surface area contributed by atoms with E-state index in [1.807, 2.05) is 13.8 Å². The molecule has 0 aliphatic heterocycles. The second-order valence-corrected chi connectivity index (χ2v) is 7.91. The quantitative estimate of drug-likeness (QED) is 0.379. The van der Waals surface area contributed by atoms with Gasteiger partial charge in [-0.25, -0.2) is 9.07 Å². The van der Waals surface area contributed by atoms with Gasteiger partial charge in [0.2, 0.25) is 0 Å². The van der Waals surface area contributed by atoms with E-state index >= 15 is 0 Å². The van der Waals surface area contributed by atoms with Gasteiger partial charge in [0, 0.05) is 22.9 Å². The zero-order valence-electron chi connectivity index (χ0n) is 19.8. The summed E-state index contributed by atoms with van der Waals surface area (Å²) in [5, 5.41) is 7.30. The van der Waals surface area contributed by atoms with E-state index in [-0.39, 0.29) is 23.8 Å². The Bertz CT molecular complexity index is 1310. The van der Waals surface area contributed by atoms with Crippen molar-refractivity contribution in [2.24, 2.45) is 0 Å². The number of carbonyl (C=O) groups is 1. The molecule has 0 radical (unpaired) electrons. The van der Waals surface area contributed by atoms with Crippen molar-refractivity contribution in [3.8, 4) is 34.6 Å². The van der Waals surface area contributed by atoms with Gasteiger partial charge in [-0.3, -0.25) is 4.79 Å². The molecule has 1 amide bonds. The molecular formula is C26H25FN4O4. The van der Waals surface area contributed by atoms with Gasteiger partial charge >= 0.3 is 6.01 Å². The minimum atomic E-state index is -0.379. The molecule has 0 bridgehead atoms. The summed E-state index contributed by atoms with van der Waals surface area (Å²) in [6.07, 6.45) is -0.126. The summed E-state index contributed by atoms with van der Waals surface area (Å²) in [4.78, 5) is 17.2. The van der Waals surface area contributed by atoms with Gasteiger partial charge in [0.1, 0.15) is 17.3 Å². The number of hydrogen-bond acceptors (Lipinski definition) is 6. The van der Waals surface area contributed by atoms with E-state index in [0.717, 1.165) is 0 Å². The maximum atomic E-state index is 13.9. The SMILES string of the molecule is COc1cc(OC)cc(C(=O)Nc2ccc(-n3nc(OC(C)C)nc3-c3cccc(F)c3)cc2)c1. The first-order valence-corrected chi connectivity index (χ1v) is 10.9. The van der Waals surface area contributed by atoms with E-state index in [4.69, 9.17) is 14.2 Å². The van der Waals surface area contributed by atoms with E-state index in [2.05, 4.69) is 15.4 Å². The zero-order valence-corrected chi connectivity index (χ0v) is 19.8. The van der Waals surface area contributed by atoms with Crippen molar-refractivity contribution in [3.63, 3.8) is 0 Å². The lowest BCUT2D eigenvalue weighted by molar-refractivity contribution is 0.102. The average molecular weight is 477 g/mol. The number of aromatic nitrogens is 3. The van der Waals surface area contributed by atoms with Crippen molar-refractivity contribution < 1.29 is 23.4 Å². The van der Waals surface area contributed by atoms with Gasteiger partial charge in [0.05, 0.1) is 26.0 Å². The number of halogens is 1. The lowest BCUT2D eigenvalue weighted by Crippen LogP contribution is -2.12. The van der Waals surface area contributed by atoms with Crippen LogP contribution in [0.4, 0.5) is 10.1 Å². The third-order valence-corrected chi connectivity index (χ3v) is 5.00. The largest absolute Gasteiger partial charge is 0.497 e. The third-order valence-electron chi connectivity index (χ3n) is 5.00. The molecule has 3 aromatic carbocycles. The normalized spacial score (nSPS) is 10.8. The van der Waals surface area contributed by atoms with Crippen molar-refractivity contribution in [2.45, 2.75) is 20.0 Å². The predicted octanol–water partition coefficient (Wildman–Crippen LogP) is 5.13. The molecule has 8 nitrogen and oxygen atoms in total. The molecule has 35 heavy (non-hydrogen) atoms. The topological polar surface area (TPSA) is 87.5 Å². The Balaban J connectivity index is 1.61. The first kappa shape index (κ1) is 23.7.